The topological polar surface area (TPSA) is 62.3 Å². The molecule has 0 bridgehead atoms. The summed E-state index contributed by atoms with van der Waals surface area (Å²) in [5, 5.41) is 3.71. The van der Waals surface area contributed by atoms with Crippen molar-refractivity contribution in [1.82, 2.24) is 10.3 Å². The van der Waals surface area contributed by atoms with Gasteiger partial charge in [-0.05, 0) is 36.8 Å². The Hall–Kier alpha value is -2.25. The van der Waals surface area contributed by atoms with Gasteiger partial charge in [0.25, 0.3) is 0 Å². The third-order valence-electron chi connectivity index (χ3n) is 4.39. The molecule has 4 rings (SSSR count). The first-order chi connectivity index (χ1) is 12.6. The lowest BCUT2D eigenvalue weighted by atomic mass is 10.1. The minimum Gasteiger partial charge on any atom is -0.349 e. The Labute approximate surface area is 163 Å². The molecule has 7 heteroatoms. The van der Waals surface area contributed by atoms with E-state index in [9.17, 15) is 9.59 Å². The van der Waals surface area contributed by atoms with Gasteiger partial charge >= 0.3 is 0 Å². The molecule has 1 N–H and O–H groups in total. The molecule has 0 saturated carbocycles. The molecule has 26 heavy (non-hydrogen) atoms. The molecule has 2 heterocycles. The first-order valence-electron chi connectivity index (χ1n) is 8.31. The number of aromatic nitrogens is 1. The van der Waals surface area contributed by atoms with Gasteiger partial charge in [0.15, 0.2) is 0 Å². The molecule has 0 spiro atoms. The molecule has 5 nitrogen and oxygen atoms in total. The van der Waals surface area contributed by atoms with Crippen LogP contribution in [0.15, 0.2) is 53.0 Å². The fourth-order valence-electron chi connectivity index (χ4n) is 3.11. The molecule has 1 aliphatic rings. The minimum atomic E-state index is -0.636. The number of benzene rings is 2. The molecule has 1 unspecified atom stereocenters. The molecule has 1 fully saturated rings. The Bertz CT molecular complexity index is 955. The summed E-state index contributed by atoms with van der Waals surface area (Å²) < 4.78 is 2.00. The second-order valence-corrected chi connectivity index (χ2v) is 8.14. The van der Waals surface area contributed by atoms with E-state index in [0.717, 1.165) is 25.4 Å². The van der Waals surface area contributed by atoms with Crippen LogP contribution in [0.1, 0.15) is 11.4 Å². The number of fused-ring (bicyclic) bond motifs is 1. The molecule has 2 amide bonds. The predicted molar refractivity (Wildman–Crippen MR) is 106 cm³/mol. The fourth-order valence-corrected chi connectivity index (χ4v) is 4.40. The molecule has 2 aromatic carbocycles. The number of anilines is 1. The fraction of sp³-hybridized carbons (Fsp3) is 0.211. The highest BCUT2D eigenvalue weighted by Gasteiger charge is 2.37. The Morgan fingerprint density at radius 1 is 1.27 bits per heavy atom. The number of nitrogens with one attached hydrogen (secondary N) is 1. The van der Waals surface area contributed by atoms with Crippen LogP contribution in [0.3, 0.4) is 0 Å². The average molecular weight is 430 g/mol. The summed E-state index contributed by atoms with van der Waals surface area (Å²) in [6, 6.07) is 15.4. The number of nitrogens with zero attached hydrogens (tertiary/aromatic N) is 2. The van der Waals surface area contributed by atoms with Crippen molar-refractivity contribution >= 4 is 55.0 Å². The average Bonchev–Trinajstić information content (AvgIpc) is 3.22. The number of thiazole rings is 1. The maximum Gasteiger partial charge on any atom is 0.239 e. The van der Waals surface area contributed by atoms with Crippen LogP contribution in [-0.4, -0.2) is 23.3 Å². The van der Waals surface area contributed by atoms with Gasteiger partial charge in [-0.25, -0.2) is 4.98 Å². The van der Waals surface area contributed by atoms with E-state index < -0.39 is 5.92 Å². The maximum atomic E-state index is 12.6. The summed E-state index contributed by atoms with van der Waals surface area (Å²) in [5.41, 5.74) is 1.74. The van der Waals surface area contributed by atoms with Crippen molar-refractivity contribution < 1.29 is 9.59 Å². The highest BCUT2D eigenvalue weighted by atomic mass is 79.9. The second kappa shape index (κ2) is 7.17. The zero-order valence-corrected chi connectivity index (χ0v) is 16.2. The predicted octanol–water partition coefficient (Wildman–Crippen LogP) is 3.73. The maximum absolute atomic E-state index is 12.6. The monoisotopic (exact) mass is 429 g/mol. The second-order valence-electron chi connectivity index (χ2n) is 6.10. The third kappa shape index (κ3) is 3.37. The number of carbonyl (C=O) groups is 2. The van der Waals surface area contributed by atoms with Crippen LogP contribution in [0, 0.1) is 5.92 Å². The molecular formula is C19H16BrN3O2S. The van der Waals surface area contributed by atoms with E-state index in [1.807, 2.05) is 48.5 Å². The zero-order valence-electron chi connectivity index (χ0n) is 13.8. The molecule has 1 saturated heterocycles. The van der Waals surface area contributed by atoms with E-state index in [0.29, 0.717) is 19.5 Å². The number of hydrogen-bond acceptors (Lipinski definition) is 4. The Kier molecular flexibility index (Phi) is 4.74. The van der Waals surface area contributed by atoms with Gasteiger partial charge in [-0.3, -0.25) is 9.59 Å². The van der Waals surface area contributed by atoms with Crippen LogP contribution in [0.2, 0.25) is 0 Å². The van der Waals surface area contributed by atoms with E-state index in [2.05, 4.69) is 26.2 Å². The van der Waals surface area contributed by atoms with Crippen molar-refractivity contribution in [2.45, 2.75) is 13.0 Å². The lowest BCUT2D eigenvalue weighted by Gasteiger charge is -2.17. The molecule has 1 aliphatic heterocycles. The van der Waals surface area contributed by atoms with Gasteiger partial charge in [0.05, 0.1) is 16.8 Å². The summed E-state index contributed by atoms with van der Waals surface area (Å²) in [7, 11) is 0. The first-order valence-corrected chi connectivity index (χ1v) is 9.92. The Morgan fingerprint density at radius 3 is 2.92 bits per heavy atom. The summed E-state index contributed by atoms with van der Waals surface area (Å²) in [6.45, 7) is 0.896. The van der Waals surface area contributed by atoms with Crippen molar-refractivity contribution in [3.05, 3.63) is 58.0 Å². The summed E-state index contributed by atoms with van der Waals surface area (Å²) in [4.78, 5) is 31.3. The van der Waals surface area contributed by atoms with Gasteiger partial charge in [-0.1, -0.05) is 34.1 Å². The van der Waals surface area contributed by atoms with Crippen LogP contribution < -0.4 is 10.2 Å². The van der Waals surface area contributed by atoms with E-state index in [1.165, 1.54) is 0 Å². The number of para-hydroxylation sites is 1. The van der Waals surface area contributed by atoms with E-state index in [-0.39, 0.29) is 11.8 Å². The third-order valence-corrected chi connectivity index (χ3v) is 5.92. The van der Waals surface area contributed by atoms with Crippen LogP contribution in [-0.2, 0) is 16.1 Å². The number of rotatable bonds is 4. The van der Waals surface area contributed by atoms with Gasteiger partial charge in [-0.15, -0.1) is 11.3 Å². The highest BCUT2D eigenvalue weighted by molar-refractivity contribution is 9.10. The highest BCUT2D eigenvalue weighted by Crippen LogP contribution is 2.28. The summed E-state index contributed by atoms with van der Waals surface area (Å²) in [5.74, 6) is -1.01. The van der Waals surface area contributed by atoms with Crippen molar-refractivity contribution in [2.75, 3.05) is 11.4 Å². The summed E-state index contributed by atoms with van der Waals surface area (Å²) >= 11 is 4.97. The number of amides is 2. The minimum absolute atomic E-state index is 0.148. The normalized spacial score (nSPS) is 17.0. The van der Waals surface area contributed by atoms with Gasteiger partial charge < -0.3 is 10.2 Å². The van der Waals surface area contributed by atoms with Gasteiger partial charge in [0.1, 0.15) is 10.9 Å². The first kappa shape index (κ1) is 17.2. The Morgan fingerprint density at radius 2 is 2.12 bits per heavy atom. The SMILES string of the molecule is O=C(NCc1nc2ccccc2s1)C1CCN(c2cccc(Br)c2)C1=O. The van der Waals surface area contributed by atoms with Gasteiger partial charge in [-0.2, -0.15) is 0 Å². The molecule has 0 aliphatic carbocycles. The number of halogens is 1. The van der Waals surface area contributed by atoms with Crippen molar-refractivity contribution in [2.24, 2.45) is 5.92 Å². The Balaban J connectivity index is 1.41. The van der Waals surface area contributed by atoms with E-state index in [4.69, 9.17) is 0 Å². The molecular weight excluding hydrogens is 414 g/mol. The largest absolute Gasteiger partial charge is 0.349 e. The zero-order chi connectivity index (χ0) is 18.1. The van der Waals surface area contributed by atoms with E-state index in [1.54, 1.807) is 16.2 Å². The molecule has 132 valence electrons. The van der Waals surface area contributed by atoms with Gasteiger partial charge in [0, 0.05) is 16.7 Å². The van der Waals surface area contributed by atoms with Crippen molar-refractivity contribution in [3.8, 4) is 0 Å². The summed E-state index contributed by atoms with van der Waals surface area (Å²) in [6.07, 6.45) is 0.525. The quantitative estimate of drug-likeness (QED) is 0.642. The molecule has 1 aromatic heterocycles. The van der Waals surface area contributed by atoms with Crippen molar-refractivity contribution in [3.63, 3.8) is 0 Å². The molecule has 1 atom stereocenters. The van der Waals surface area contributed by atoms with Crippen LogP contribution in [0.25, 0.3) is 10.2 Å². The van der Waals surface area contributed by atoms with Crippen LogP contribution in [0.4, 0.5) is 5.69 Å². The molecule has 0 radical (unpaired) electrons. The van der Waals surface area contributed by atoms with E-state index >= 15 is 0 Å². The lowest BCUT2D eigenvalue weighted by Crippen LogP contribution is -2.36. The smallest absolute Gasteiger partial charge is 0.239 e. The number of carbonyl (C=O) groups excluding carboxylic acids is 2. The molecule has 3 aromatic rings. The van der Waals surface area contributed by atoms with Crippen LogP contribution in [0.5, 0.6) is 0 Å². The number of hydrogen-bond donors (Lipinski definition) is 1. The van der Waals surface area contributed by atoms with Crippen LogP contribution >= 0.6 is 27.3 Å². The van der Waals surface area contributed by atoms with Crippen molar-refractivity contribution in [1.29, 1.82) is 0 Å². The standard InChI is InChI=1S/C19H16BrN3O2S/c20-12-4-3-5-13(10-12)23-9-8-14(19(23)25)18(24)21-11-17-22-15-6-1-2-7-16(15)26-17/h1-7,10,14H,8-9,11H2,(H,21,24). The lowest BCUT2D eigenvalue weighted by molar-refractivity contribution is -0.132. The van der Waals surface area contributed by atoms with Gasteiger partial charge in [0.2, 0.25) is 11.8 Å².